The van der Waals surface area contributed by atoms with Crippen LogP contribution in [0.4, 0.5) is 5.82 Å². The summed E-state index contributed by atoms with van der Waals surface area (Å²) in [6.07, 6.45) is 4.29. The van der Waals surface area contributed by atoms with E-state index in [1.54, 1.807) is 0 Å². The van der Waals surface area contributed by atoms with E-state index in [0.29, 0.717) is 11.9 Å². The second-order valence-corrected chi connectivity index (χ2v) is 7.76. The predicted octanol–water partition coefficient (Wildman–Crippen LogP) is 3.32. The normalized spacial score (nSPS) is 29.5. The lowest BCUT2D eigenvalue weighted by Crippen LogP contribution is -2.61. The number of aromatic nitrogens is 1. The van der Waals surface area contributed by atoms with E-state index in [2.05, 4.69) is 57.4 Å². The number of nitrogens with one attached hydrogen (secondary N) is 1. The fourth-order valence-electron chi connectivity index (χ4n) is 4.56. The smallest absolute Gasteiger partial charge is 0.291 e. The number of fused-ring (bicyclic) bond motifs is 2. The number of amidine groups is 1. The van der Waals surface area contributed by atoms with E-state index in [0.717, 1.165) is 24.5 Å². The van der Waals surface area contributed by atoms with Crippen LogP contribution >= 0.6 is 0 Å². The first kappa shape index (κ1) is 15.8. The summed E-state index contributed by atoms with van der Waals surface area (Å²) in [7, 11) is 0. The van der Waals surface area contributed by atoms with E-state index >= 15 is 0 Å². The molecule has 1 aromatic carbocycles. The van der Waals surface area contributed by atoms with Gasteiger partial charge in [-0.3, -0.25) is 10.2 Å². The average Bonchev–Trinajstić information content (AvgIpc) is 3.05. The van der Waals surface area contributed by atoms with Crippen LogP contribution in [-0.2, 0) is 4.74 Å². The lowest BCUT2D eigenvalue weighted by atomic mass is 9.75. The summed E-state index contributed by atoms with van der Waals surface area (Å²) in [6, 6.07) is 13.2. The zero-order valence-corrected chi connectivity index (χ0v) is 15.1. The topological polar surface area (TPSA) is 49.8 Å². The summed E-state index contributed by atoms with van der Waals surface area (Å²) in [5, 5.41) is 3.29. The maximum absolute atomic E-state index is 6.35. The number of hydrogen-bond donors (Lipinski definition) is 1. The standard InChI is InChI=1S/C21H24N4O/c1-15-3-2-4-16(11-15)17-5-8-22-19(12-17)24-20-23-13-21(26-20)14-25-9-6-18(21)7-10-25/h2-5,8,11-12,18H,6-7,9-10,13-14H2,1H3,(H,22,23,24)/t21-/m0/s1. The summed E-state index contributed by atoms with van der Waals surface area (Å²) in [5.41, 5.74) is 3.47. The van der Waals surface area contributed by atoms with E-state index < -0.39 is 0 Å². The fraction of sp³-hybridized carbons (Fsp3) is 0.429. The highest BCUT2D eigenvalue weighted by Gasteiger charge is 2.51. The van der Waals surface area contributed by atoms with Gasteiger partial charge in [-0.25, -0.2) is 9.98 Å². The van der Waals surface area contributed by atoms with Crippen LogP contribution in [0.3, 0.4) is 0 Å². The second-order valence-electron chi connectivity index (χ2n) is 7.76. The van der Waals surface area contributed by atoms with Gasteiger partial charge in [-0.1, -0.05) is 29.8 Å². The van der Waals surface area contributed by atoms with Gasteiger partial charge in [0.1, 0.15) is 11.4 Å². The third kappa shape index (κ3) is 2.76. The van der Waals surface area contributed by atoms with Crippen LogP contribution in [-0.4, -0.2) is 47.7 Å². The molecule has 0 radical (unpaired) electrons. The Hall–Kier alpha value is -2.40. The highest BCUT2D eigenvalue weighted by molar-refractivity contribution is 5.90. The number of nitrogens with zero attached hydrogens (tertiary/aromatic N) is 3. The van der Waals surface area contributed by atoms with Gasteiger partial charge in [0, 0.05) is 18.7 Å². The Morgan fingerprint density at radius 2 is 2.00 bits per heavy atom. The SMILES string of the molecule is Cc1cccc(-c2ccnc(NC3=NC[C@@]4(CN5CCC4CC5)O3)c2)c1. The largest absolute Gasteiger partial charge is 0.455 e. The van der Waals surface area contributed by atoms with E-state index in [9.17, 15) is 0 Å². The van der Waals surface area contributed by atoms with Gasteiger partial charge in [-0.15, -0.1) is 0 Å². The molecule has 0 unspecified atom stereocenters. The molecule has 4 aliphatic heterocycles. The van der Waals surface area contributed by atoms with Gasteiger partial charge < -0.3 is 4.74 Å². The average molecular weight is 348 g/mol. The molecule has 1 spiro atoms. The van der Waals surface area contributed by atoms with Crippen molar-refractivity contribution >= 4 is 11.8 Å². The van der Waals surface area contributed by atoms with Gasteiger partial charge >= 0.3 is 0 Å². The molecule has 5 heterocycles. The minimum Gasteiger partial charge on any atom is -0.455 e. The molecule has 3 fully saturated rings. The van der Waals surface area contributed by atoms with Crippen LogP contribution in [0.2, 0.25) is 0 Å². The molecule has 5 heteroatoms. The summed E-state index contributed by atoms with van der Waals surface area (Å²) < 4.78 is 6.35. The first-order chi connectivity index (χ1) is 12.7. The maximum Gasteiger partial charge on any atom is 0.291 e. The van der Waals surface area contributed by atoms with Gasteiger partial charge in [-0.2, -0.15) is 0 Å². The Morgan fingerprint density at radius 3 is 2.77 bits per heavy atom. The molecule has 0 saturated carbocycles. The Kier molecular flexibility index (Phi) is 3.71. The van der Waals surface area contributed by atoms with E-state index in [1.165, 1.54) is 37.1 Å². The molecule has 0 amide bonds. The summed E-state index contributed by atoms with van der Waals surface area (Å²) in [4.78, 5) is 11.6. The zero-order valence-electron chi connectivity index (χ0n) is 15.1. The highest BCUT2D eigenvalue weighted by Crippen LogP contribution is 2.40. The van der Waals surface area contributed by atoms with Crippen LogP contribution < -0.4 is 5.32 Å². The first-order valence-electron chi connectivity index (χ1n) is 9.46. The van der Waals surface area contributed by atoms with Crippen LogP contribution in [0.15, 0.2) is 47.6 Å². The Balaban J connectivity index is 1.32. The van der Waals surface area contributed by atoms with Crippen LogP contribution in [0.25, 0.3) is 11.1 Å². The Bertz CT molecular complexity index is 857. The van der Waals surface area contributed by atoms with Crippen molar-refractivity contribution in [3.05, 3.63) is 48.2 Å². The van der Waals surface area contributed by atoms with Crippen molar-refractivity contribution in [1.82, 2.24) is 9.88 Å². The summed E-state index contributed by atoms with van der Waals surface area (Å²) in [6.45, 7) is 6.28. The molecular formula is C21H24N4O. The van der Waals surface area contributed by atoms with Crippen LogP contribution in [0.1, 0.15) is 18.4 Å². The van der Waals surface area contributed by atoms with Gasteiger partial charge in [0.2, 0.25) is 0 Å². The minimum atomic E-state index is -0.118. The third-order valence-corrected chi connectivity index (χ3v) is 5.96. The van der Waals surface area contributed by atoms with E-state index in [-0.39, 0.29) is 5.60 Å². The molecule has 5 nitrogen and oxygen atoms in total. The molecule has 0 aliphatic carbocycles. The summed E-state index contributed by atoms with van der Waals surface area (Å²) in [5.74, 6) is 1.41. The molecule has 2 bridgehead atoms. The van der Waals surface area contributed by atoms with Gasteiger partial charge in [0.05, 0.1) is 6.54 Å². The number of benzene rings is 1. The number of anilines is 1. The number of aryl methyl sites for hydroxylation is 1. The van der Waals surface area contributed by atoms with Gasteiger partial charge in [0.15, 0.2) is 0 Å². The Morgan fingerprint density at radius 1 is 1.15 bits per heavy atom. The molecule has 26 heavy (non-hydrogen) atoms. The highest BCUT2D eigenvalue weighted by atomic mass is 16.5. The number of rotatable bonds is 2. The molecule has 3 saturated heterocycles. The van der Waals surface area contributed by atoms with Crippen molar-refractivity contribution in [2.24, 2.45) is 10.9 Å². The molecule has 6 rings (SSSR count). The van der Waals surface area contributed by atoms with Crippen molar-refractivity contribution in [2.75, 3.05) is 31.5 Å². The predicted molar refractivity (Wildman–Crippen MR) is 103 cm³/mol. The van der Waals surface area contributed by atoms with Crippen molar-refractivity contribution in [3.63, 3.8) is 0 Å². The van der Waals surface area contributed by atoms with Gasteiger partial charge in [-0.05, 0) is 56.1 Å². The number of hydrogen-bond acceptors (Lipinski definition) is 5. The van der Waals surface area contributed by atoms with Crippen molar-refractivity contribution in [1.29, 1.82) is 0 Å². The second kappa shape index (κ2) is 6.09. The minimum absolute atomic E-state index is 0.118. The fourth-order valence-corrected chi connectivity index (χ4v) is 4.56. The van der Waals surface area contributed by atoms with E-state index in [1.807, 2.05) is 12.3 Å². The van der Waals surface area contributed by atoms with E-state index in [4.69, 9.17) is 4.74 Å². The molecule has 2 aromatic rings. The van der Waals surface area contributed by atoms with Gasteiger partial charge in [0.25, 0.3) is 6.02 Å². The number of pyridine rings is 1. The van der Waals surface area contributed by atoms with Crippen molar-refractivity contribution in [2.45, 2.75) is 25.4 Å². The Labute approximate surface area is 154 Å². The molecule has 1 N–H and O–H groups in total. The van der Waals surface area contributed by atoms with Crippen LogP contribution in [0.5, 0.6) is 0 Å². The maximum atomic E-state index is 6.35. The molecule has 4 aliphatic rings. The number of aliphatic imine (C=N–C) groups is 1. The van der Waals surface area contributed by atoms with Crippen LogP contribution in [0, 0.1) is 12.8 Å². The number of piperidine rings is 3. The lowest BCUT2D eigenvalue weighted by molar-refractivity contribution is -0.0829. The first-order valence-corrected chi connectivity index (χ1v) is 9.46. The van der Waals surface area contributed by atoms with Crippen molar-refractivity contribution in [3.8, 4) is 11.1 Å². The lowest BCUT2D eigenvalue weighted by Gasteiger charge is -2.50. The number of ether oxygens (including phenoxy) is 1. The summed E-state index contributed by atoms with van der Waals surface area (Å²) >= 11 is 0. The monoisotopic (exact) mass is 348 g/mol. The third-order valence-electron chi connectivity index (χ3n) is 5.96. The molecular weight excluding hydrogens is 324 g/mol. The zero-order chi connectivity index (χ0) is 17.6. The quantitative estimate of drug-likeness (QED) is 0.904. The van der Waals surface area contributed by atoms with Crippen molar-refractivity contribution < 1.29 is 4.74 Å². The molecule has 1 aromatic heterocycles. The molecule has 1 atom stereocenters. The molecule has 134 valence electrons.